The lowest BCUT2D eigenvalue weighted by Crippen LogP contribution is -2.39. The van der Waals surface area contributed by atoms with Gasteiger partial charge in [-0.2, -0.15) is 4.68 Å². The van der Waals surface area contributed by atoms with Crippen molar-refractivity contribution in [1.82, 2.24) is 35.1 Å². The summed E-state index contributed by atoms with van der Waals surface area (Å²) in [6.45, 7) is 0.0876. The van der Waals surface area contributed by atoms with Crippen molar-refractivity contribution in [2.24, 2.45) is 5.73 Å². The number of imidazole rings is 1. The maximum Gasteiger partial charge on any atom is 0.247 e. The Kier molecular flexibility index (Phi) is 5.81. The molecule has 3 N–H and O–H groups in total. The number of halogens is 3. The number of hydrogen-bond acceptors (Lipinski definition) is 6. The highest BCUT2D eigenvalue weighted by molar-refractivity contribution is 6.31. The molecule has 2 aromatic carbocycles. The number of amides is 1. The molecule has 4 heterocycles. The van der Waals surface area contributed by atoms with Crippen molar-refractivity contribution in [1.29, 1.82) is 0 Å². The van der Waals surface area contributed by atoms with Crippen LogP contribution >= 0.6 is 11.6 Å². The lowest BCUT2D eigenvalue weighted by Gasteiger charge is -2.33. The number of nitrogens with two attached hydrogens (primary N) is 1. The van der Waals surface area contributed by atoms with Crippen LogP contribution in [0.25, 0.3) is 22.5 Å². The Morgan fingerprint density at radius 1 is 1.16 bits per heavy atom. The van der Waals surface area contributed by atoms with Gasteiger partial charge in [0, 0.05) is 35.4 Å². The predicted molar refractivity (Wildman–Crippen MR) is 131 cm³/mol. The Bertz CT molecular complexity index is 1530. The van der Waals surface area contributed by atoms with Crippen LogP contribution in [-0.2, 0) is 11.3 Å². The third-order valence-electron chi connectivity index (χ3n) is 7.00. The molecule has 0 aliphatic carbocycles. The first kappa shape index (κ1) is 23.4. The number of fused-ring (bicyclic) bond motifs is 1. The molecule has 12 heteroatoms. The molecule has 6 rings (SSSR count). The Morgan fingerprint density at radius 2 is 2.03 bits per heavy atom. The lowest BCUT2D eigenvalue weighted by atomic mass is 9.92. The van der Waals surface area contributed by atoms with Crippen molar-refractivity contribution in [3.8, 4) is 16.9 Å². The fraction of sp³-hybridized carbons (Fsp3) is 0.240. The molecule has 0 bridgehead atoms. The van der Waals surface area contributed by atoms with E-state index in [2.05, 4.69) is 25.5 Å². The van der Waals surface area contributed by atoms with Crippen LogP contribution in [0.1, 0.15) is 42.3 Å². The SMILES string of the molecule is NCc1cccc(-c2cnc([C@@H]3CCC4CC(c5c(-n6cnnn6)ccc(Cl)c5F)=CC(=O)N43)[nH]2)c1F. The van der Waals surface area contributed by atoms with Gasteiger partial charge in [0.25, 0.3) is 0 Å². The summed E-state index contributed by atoms with van der Waals surface area (Å²) >= 11 is 6.10. The topological polar surface area (TPSA) is 119 Å². The number of hydrogen-bond donors (Lipinski definition) is 2. The van der Waals surface area contributed by atoms with Gasteiger partial charge < -0.3 is 15.6 Å². The highest BCUT2D eigenvalue weighted by Crippen LogP contribution is 2.44. The molecule has 2 aliphatic rings. The van der Waals surface area contributed by atoms with Crippen LogP contribution in [0.3, 0.4) is 0 Å². The molecule has 0 spiro atoms. The summed E-state index contributed by atoms with van der Waals surface area (Å²) < 4.78 is 31.4. The Morgan fingerprint density at radius 3 is 2.81 bits per heavy atom. The van der Waals surface area contributed by atoms with E-state index >= 15 is 4.39 Å². The van der Waals surface area contributed by atoms with Crippen molar-refractivity contribution >= 4 is 23.1 Å². The number of carbonyl (C=O) groups is 1. The summed E-state index contributed by atoms with van der Waals surface area (Å²) in [4.78, 5) is 22.8. The van der Waals surface area contributed by atoms with E-state index in [0.717, 1.165) is 0 Å². The monoisotopic (exact) mass is 522 g/mol. The molecule has 9 nitrogen and oxygen atoms in total. The number of carbonyl (C=O) groups excluding carboxylic acids is 1. The van der Waals surface area contributed by atoms with Crippen LogP contribution in [0, 0.1) is 11.6 Å². The van der Waals surface area contributed by atoms with E-state index in [0.29, 0.717) is 53.2 Å². The summed E-state index contributed by atoms with van der Waals surface area (Å²) in [7, 11) is 0. The highest BCUT2D eigenvalue weighted by atomic mass is 35.5. The molecule has 2 atom stereocenters. The molecule has 0 saturated carbocycles. The van der Waals surface area contributed by atoms with Crippen LogP contribution in [0.15, 0.2) is 48.9 Å². The largest absolute Gasteiger partial charge is 0.340 e. The van der Waals surface area contributed by atoms with Gasteiger partial charge in [-0.15, -0.1) is 5.10 Å². The van der Waals surface area contributed by atoms with Gasteiger partial charge in [-0.25, -0.2) is 13.8 Å². The number of tetrazole rings is 1. The van der Waals surface area contributed by atoms with Crippen molar-refractivity contribution < 1.29 is 13.6 Å². The summed E-state index contributed by atoms with van der Waals surface area (Å²) in [6.07, 6.45) is 6.14. The van der Waals surface area contributed by atoms with E-state index in [1.165, 1.54) is 23.2 Å². The quantitative estimate of drug-likeness (QED) is 0.409. The number of rotatable bonds is 5. The zero-order chi connectivity index (χ0) is 25.7. The first-order chi connectivity index (χ1) is 18.0. The van der Waals surface area contributed by atoms with Crippen LogP contribution in [-0.4, -0.2) is 47.0 Å². The smallest absolute Gasteiger partial charge is 0.247 e. The van der Waals surface area contributed by atoms with Gasteiger partial charge in [0.2, 0.25) is 5.91 Å². The molecule has 2 aromatic heterocycles. The van der Waals surface area contributed by atoms with Crippen LogP contribution < -0.4 is 5.73 Å². The zero-order valence-electron chi connectivity index (χ0n) is 19.4. The third-order valence-corrected chi connectivity index (χ3v) is 7.29. The average Bonchev–Trinajstić information content (AvgIpc) is 3.66. The second-order valence-corrected chi connectivity index (χ2v) is 9.45. The van der Waals surface area contributed by atoms with Gasteiger partial charge in [0.05, 0.1) is 28.6 Å². The van der Waals surface area contributed by atoms with E-state index in [1.54, 1.807) is 35.4 Å². The summed E-state index contributed by atoms with van der Waals surface area (Å²) in [6, 6.07) is 7.62. The minimum Gasteiger partial charge on any atom is -0.340 e. The van der Waals surface area contributed by atoms with E-state index in [4.69, 9.17) is 17.3 Å². The highest BCUT2D eigenvalue weighted by Gasteiger charge is 2.42. The minimum absolute atomic E-state index is 0.0547. The van der Waals surface area contributed by atoms with Gasteiger partial charge in [-0.3, -0.25) is 4.79 Å². The standard InChI is InChI=1S/C25H21ClF2N8O/c26-17-5-7-19(35-12-31-33-34-35)22(24(17)28)14-8-15-4-6-20(36(15)21(37)9-14)25-30-11-18(32-25)16-3-1-2-13(10-29)23(16)27/h1-3,5,7,9,11-12,15,20H,4,6,8,10,29H2,(H,30,32)/t15?,20-/m0/s1. The maximum absolute atomic E-state index is 15.3. The van der Waals surface area contributed by atoms with E-state index < -0.39 is 11.6 Å². The number of nitrogens with zero attached hydrogens (tertiary/aromatic N) is 6. The third kappa shape index (κ3) is 3.91. The van der Waals surface area contributed by atoms with Crippen molar-refractivity contribution in [3.05, 3.63) is 82.5 Å². The van der Waals surface area contributed by atoms with Crippen LogP contribution in [0.2, 0.25) is 5.02 Å². The van der Waals surface area contributed by atoms with Crippen molar-refractivity contribution in [3.63, 3.8) is 0 Å². The Balaban J connectivity index is 1.33. The zero-order valence-corrected chi connectivity index (χ0v) is 20.2. The number of aromatic amines is 1. The molecule has 188 valence electrons. The molecule has 37 heavy (non-hydrogen) atoms. The molecule has 0 radical (unpaired) electrons. The molecular weight excluding hydrogens is 502 g/mol. The maximum atomic E-state index is 15.3. The molecular formula is C25H21ClF2N8O. The number of aromatic nitrogens is 6. The average molecular weight is 523 g/mol. The normalized spacial score (nSPS) is 19.3. The van der Waals surface area contributed by atoms with Crippen LogP contribution in [0.4, 0.5) is 8.78 Å². The molecule has 2 aliphatic heterocycles. The van der Waals surface area contributed by atoms with Crippen LogP contribution in [0.5, 0.6) is 0 Å². The van der Waals surface area contributed by atoms with E-state index in [9.17, 15) is 9.18 Å². The number of benzene rings is 2. The number of H-pyrrole nitrogens is 1. The molecule has 4 aromatic rings. The second-order valence-electron chi connectivity index (χ2n) is 9.04. The van der Waals surface area contributed by atoms with Crippen molar-refractivity contribution in [2.75, 3.05) is 0 Å². The van der Waals surface area contributed by atoms with E-state index in [-0.39, 0.29) is 35.1 Å². The molecule has 1 amide bonds. The van der Waals surface area contributed by atoms with Crippen molar-refractivity contribution in [2.45, 2.75) is 37.9 Å². The summed E-state index contributed by atoms with van der Waals surface area (Å²) in [5, 5.41) is 11.1. The summed E-state index contributed by atoms with van der Waals surface area (Å²) in [5.74, 6) is -0.712. The molecule has 1 saturated heterocycles. The van der Waals surface area contributed by atoms with Gasteiger partial charge >= 0.3 is 0 Å². The van der Waals surface area contributed by atoms with Gasteiger partial charge in [-0.1, -0.05) is 23.7 Å². The number of nitrogens with one attached hydrogen (secondary N) is 1. The van der Waals surface area contributed by atoms with Gasteiger partial charge in [0.15, 0.2) is 5.82 Å². The van der Waals surface area contributed by atoms with Gasteiger partial charge in [0.1, 0.15) is 18.0 Å². The van der Waals surface area contributed by atoms with Gasteiger partial charge in [-0.05, 0) is 53.5 Å². The molecule has 1 unspecified atom stereocenters. The Labute approximate surface area is 214 Å². The fourth-order valence-electron chi connectivity index (χ4n) is 5.29. The predicted octanol–water partition coefficient (Wildman–Crippen LogP) is 3.96. The first-order valence-corrected chi connectivity index (χ1v) is 12.1. The second kappa shape index (κ2) is 9.16. The first-order valence-electron chi connectivity index (χ1n) is 11.7. The Hall–Kier alpha value is -3.96. The van der Waals surface area contributed by atoms with E-state index in [1.807, 2.05) is 0 Å². The molecule has 1 fully saturated rings. The minimum atomic E-state index is -0.630. The fourth-order valence-corrected chi connectivity index (χ4v) is 5.45. The summed E-state index contributed by atoms with van der Waals surface area (Å²) in [5.41, 5.74) is 8.06. The lowest BCUT2D eigenvalue weighted by molar-refractivity contribution is -0.129.